The Kier molecular flexibility index (Phi) is 3.83. The molecule has 1 saturated heterocycles. The van der Waals surface area contributed by atoms with E-state index in [2.05, 4.69) is 0 Å². The summed E-state index contributed by atoms with van der Waals surface area (Å²) >= 11 is 0. The summed E-state index contributed by atoms with van der Waals surface area (Å²) < 4.78 is 0. The van der Waals surface area contributed by atoms with Crippen LogP contribution in [-0.4, -0.2) is 50.7 Å². The topological polar surface area (TPSA) is 63.7 Å². The van der Waals surface area contributed by atoms with Gasteiger partial charge in [-0.2, -0.15) is 0 Å². The van der Waals surface area contributed by atoms with Crippen molar-refractivity contribution in [3.8, 4) is 0 Å². The van der Waals surface area contributed by atoms with Crippen LogP contribution in [0.2, 0.25) is 0 Å². The van der Waals surface area contributed by atoms with Crippen molar-refractivity contribution in [1.29, 1.82) is 0 Å². The fraction of sp³-hybridized carbons (Fsp3) is 0.923. The predicted octanol–water partition coefficient (Wildman–Crippen LogP) is 1.19. The lowest BCUT2D eigenvalue weighted by atomic mass is 9.83. The van der Waals surface area contributed by atoms with Gasteiger partial charge in [0.1, 0.15) is 5.54 Å². The molecule has 1 amide bonds. The minimum absolute atomic E-state index is 0.118. The Morgan fingerprint density at radius 1 is 1.33 bits per heavy atom. The summed E-state index contributed by atoms with van der Waals surface area (Å²) in [5.74, 6) is -0.196. The maximum absolute atomic E-state index is 12.6. The summed E-state index contributed by atoms with van der Waals surface area (Å²) in [4.78, 5) is 14.2. The van der Waals surface area contributed by atoms with E-state index in [4.69, 9.17) is 0 Å². The highest BCUT2D eigenvalue weighted by Crippen LogP contribution is 2.37. The van der Waals surface area contributed by atoms with Gasteiger partial charge in [0.15, 0.2) is 0 Å². The van der Waals surface area contributed by atoms with Crippen LogP contribution in [0.4, 0.5) is 0 Å². The molecule has 0 spiro atoms. The summed E-state index contributed by atoms with van der Waals surface area (Å²) in [5, 5.41) is 22.8. The van der Waals surface area contributed by atoms with Crippen molar-refractivity contribution < 1.29 is 15.1 Å². The van der Waals surface area contributed by atoms with Gasteiger partial charge in [-0.1, -0.05) is 6.92 Å². The Hall–Kier alpha value is -0.650. The molecule has 0 saturated carbocycles. The van der Waals surface area contributed by atoms with Crippen LogP contribution in [-0.2, 0) is 10.0 Å². The van der Waals surface area contributed by atoms with Gasteiger partial charge < -0.3 is 10.0 Å². The number of nitrogens with zero attached hydrogens (tertiary/aromatic N) is 2. The van der Waals surface area contributed by atoms with Gasteiger partial charge in [-0.25, -0.2) is 0 Å². The van der Waals surface area contributed by atoms with E-state index in [0.717, 1.165) is 5.06 Å². The van der Waals surface area contributed by atoms with Crippen LogP contribution < -0.4 is 0 Å². The first-order valence-corrected chi connectivity index (χ1v) is 6.43. The van der Waals surface area contributed by atoms with Gasteiger partial charge in [0.2, 0.25) is 5.91 Å². The Morgan fingerprint density at radius 2 is 1.83 bits per heavy atom. The first kappa shape index (κ1) is 15.4. The van der Waals surface area contributed by atoms with Gasteiger partial charge in [-0.3, -0.25) is 4.79 Å². The molecule has 1 aliphatic rings. The normalized spacial score (nSPS) is 29.8. The average molecular weight is 257 g/mol. The lowest BCUT2D eigenvalue weighted by Crippen LogP contribution is -2.74. The van der Waals surface area contributed by atoms with Crippen LogP contribution in [0.15, 0.2) is 0 Å². The summed E-state index contributed by atoms with van der Waals surface area (Å²) in [7, 11) is 0. The van der Waals surface area contributed by atoms with Gasteiger partial charge in [0.25, 0.3) is 0 Å². The maximum Gasteiger partial charge on any atom is 0.245 e. The number of carbonyl (C=O) groups is 1. The molecule has 1 atom stereocenters. The van der Waals surface area contributed by atoms with E-state index >= 15 is 0 Å². The molecule has 0 aromatic carbocycles. The smallest absolute Gasteiger partial charge is 0.245 e. The molecule has 1 fully saturated rings. The number of rotatable bonds is 3. The molecule has 5 nitrogen and oxygen atoms in total. The fourth-order valence-corrected chi connectivity index (χ4v) is 2.44. The lowest BCUT2D eigenvalue weighted by Gasteiger charge is -2.55. The van der Waals surface area contributed by atoms with Gasteiger partial charge in [-0.15, -0.1) is 10.3 Å². The van der Waals surface area contributed by atoms with Crippen molar-refractivity contribution in [1.82, 2.24) is 9.96 Å². The number of amides is 1. The second-order valence-electron chi connectivity index (χ2n) is 6.60. The molecular weight excluding hydrogens is 232 g/mol. The van der Waals surface area contributed by atoms with E-state index in [0.29, 0.717) is 13.0 Å². The minimum atomic E-state index is -1.05. The molecule has 5 heteroatoms. The number of aliphatic hydroxyl groups excluding tert-OH is 1. The first-order chi connectivity index (χ1) is 8.03. The van der Waals surface area contributed by atoms with Crippen molar-refractivity contribution in [3.05, 3.63) is 0 Å². The van der Waals surface area contributed by atoms with Crippen LogP contribution in [0, 0.1) is 0 Å². The molecule has 0 aromatic rings. The van der Waals surface area contributed by atoms with Gasteiger partial charge in [0, 0.05) is 6.54 Å². The molecule has 1 rings (SSSR count). The number of hydroxylamine groups is 2. The molecule has 1 heterocycles. The molecule has 1 unspecified atom stereocenters. The van der Waals surface area contributed by atoms with Crippen LogP contribution in [0.3, 0.4) is 0 Å². The van der Waals surface area contributed by atoms with Crippen molar-refractivity contribution in [2.24, 2.45) is 0 Å². The largest absolute Gasteiger partial charge is 0.394 e. The Balaban J connectivity index is 3.23. The lowest BCUT2D eigenvalue weighted by molar-refractivity contribution is -0.293. The summed E-state index contributed by atoms with van der Waals surface area (Å²) in [6.07, 6.45) is 0.455. The van der Waals surface area contributed by atoms with E-state index in [1.165, 1.54) is 0 Å². The molecule has 1 N–H and O–H groups in total. The Labute approximate surface area is 109 Å². The molecule has 1 radical (unpaired) electrons. The molecule has 18 heavy (non-hydrogen) atoms. The summed E-state index contributed by atoms with van der Waals surface area (Å²) in [5.41, 5.74) is -2.34. The van der Waals surface area contributed by atoms with Gasteiger partial charge >= 0.3 is 0 Å². The number of aliphatic hydroxyl groups is 1. The second-order valence-corrected chi connectivity index (χ2v) is 6.60. The fourth-order valence-electron chi connectivity index (χ4n) is 2.44. The number of hydrogen-bond acceptors (Lipinski definition) is 3. The highest BCUT2D eigenvalue weighted by atomic mass is 16.5. The quantitative estimate of drug-likeness (QED) is 0.826. The van der Waals surface area contributed by atoms with E-state index < -0.39 is 16.6 Å². The summed E-state index contributed by atoms with van der Waals surface area (Å²) in [6, 6.07) is 0. The standard InChI is InChI=1S/C13H25N2O3/c1-7-13(6)10(17)14(12(4,5)9-16)8-11(2,3)15(13)18/h16H,7-9H2,1-6H3. The number of piperazine rings is 1. The van der Waals surface area contributed by atoms with E-state index in [1.807, 2.05) is 34.6 Å². The van der Waals surface area contributed by atoms with Crippen LogP contribution >= 0.6 is 0 Å². The number of carbonyl (C=O) groups excluding carboxylic acids is 1. The Morgan fingerprint density at radius 3 is 2.22 bits per heavy atom. The molecule has 0 bridgehead atoms. The molecule has 105 valence electrons. The number of hydrogen-bond donors (Lipinski definition) is 1. The first-order valence-electron chi connectivity index (χ1n) is 6.43. The molecular formula is C13H25N2O3. The highest BCUT2D eigenvalue weighted by molar-refractivity contribution is 5.87. The van der Waals surface area contributed by atoms with Crippen molar-refractivity contribution in [3.63, 3.8) is 0 Å². The zero-order valence-electron chi connectivity index (χ0n) is 12.3. The maximum atomic E-state index is 12.6. The third-order valence-electron chi connectivity index (χ3n) is 4.06. The van der Waals surface area contributed by atoms with Gasteiger partial charge in [-0.05, 0) is 41.0 Å². The Bertz CT molecular complexity index is 341. The zero-order valence-corrected chi connectivity index (χ0v) is 12.3. The van der Waals surface area contributed by atoms with Gasteiger partial charge in [0.05, 0.1) is 17.7 Å². The monoisotopic (exact) mass is 257 g/mol. The van der Waals surface area contributed by atoms with E-state index in [9.17, 15) is 15.1 Å². The zero-order chi connectivity index (χ0) is 14.4. The van der Waals surface area contributed by atoms with Crippen molar-refractivity contribution in [2.75, 3.05) is 13.2 Å². The SMILES string of the molecule is CCC1(C)C(=O)N(C(C)(C)CO)CC(C)(C)N1[O]. The molecule has 1 aliphatic heterocycles. The highest BCUT2D eigenvalue weighted by Gasteiger charge is 2.55. The van der Waals surface area contributed by atoms with Crippen molar-refractivity contribution in [2.45, 2.75) is 64.6 Å². The second kappa shape index (κ2) is 4.47. The predicted molar refractivity (Wildman–Crippen MR) is 68.2 cm³/mol. The average Bonchev–Trinajstić information content (AvgIpc) is 2.31. The van der Waals surface area contributed by atoms with Crippen LogP contribution in [0.5, 0.6) is 0 Å². The van der Waals surface area contributed by atoms with Crippen LogP contribution in [0.1, 0.15) is 48.0 Å². The minimum Gasteiger partial charge on any atom is -0.394 e. The van der Waals surface area contributed by atoms with Crippen molar-refractivity contribution >= 4 is 5.91 Å². The molecule has 0 aromatic heterocycles. The third kappa shape index (κ3) is 2.15. The van der Waals surface area contributed by atoms with E-state index in [-0.39, 0.29) is 12.5 Å². The summed E-state index contributed by atoms with van der Waals surface area (Å²) in [6.45, 7) is 11.0. The molecule has 0 aliphatic carbocycles. The third-order valence-corrected chi connectivity index (χ3v) is 4.06. The van der Waals surface area contributed by atoms with Crippen LogP contribution in [0.25, 0.3) is 0 Å². The van der Waals surface area contributed by atoms with E-state index in [1.54, 1.807) is 11.8 Å².